The molecular formula is C18H24FIN6O. The second-order valence-corrected chi connectivity index (χ2v) is 6.19. The number of nitrogens with one attached hydrogen (secondary N) is 1. The smallest absolute Gasteiger partial charge is 0.246 e. The number of aryl methyl sites for hydroxylation is 1. The molecule has 146 valence electrons. The summed E-state index contributed by atoms with van der Waals surface area (Å²) < 4.78 is 14.9. The van der Waals surface area contributed by atoms with Crippen LogP contribution < -0.4 is 10.2 Å². The number of benzene rings is 1. The number of aromatic nitrogens is 2. The fourth-order valence-electron chi connectivity index (χ4n) is 3.02. The minimum absolute atomic E-state index is 0. The molecule has 1 aromatic carbocycles. The summed E-state index contributed by atoms with van der Waals surface area (Å²) in [5.74, 6) is 0.460. The highest BCUT2D eigenvalue weighted by molar-refractivity contribution is 14.0. The lowest BCUT2D eigenvalue weighted by Crippen LogP contribution is -2.55. The molecule has 1 fully saturated rings. The number of anilines is 1. The number of carbonyl (C=O) groups excluding carboxylic acids is 1. The highest BCUT2D eigenvalue weighted by atomic mass is 127. The zero-order valence-electron chi connectivity index (χ0n) is 15.4. The van der Waals surface area contributed by atoms with Crippen molar-refractivity contribution >= 4 is 41.5 Å². The van der Waals surface area contributed by atoms with Crippen molar-refractivity contribution in [2.45, 2.75) is 6.42 Å². The van der Waals surface area contributed by atoms with Crippen molar-refractivity contribution in [1.82, 2.24) is 20.0 Å². The lowest BCUT2D eigenvalue weighted by Gasteiger charge is -2.35. The molecule has 27 heavy (non-hydrogen) atoms. The minimum Gasteiger partial charge on any atom is -0.356 e. The molecule has 1 aromatic heterocycles. The molecule has 2 heterocycles. The van der Waals surface area contributed by atoms with Gasteiger partial charge in [-0.2, -0.15) is 5.10 Å². The average Bonchev–Trinajstić information content (AvgIpc) is 3.05. The molecule has 9 heteroatoms. The van der Waals surface area contributed by atoms with Gasteiger partial charge in [0, 0.05) is 39.9 Å². The molecule has 0 radical (unpaired) electrons. The second-order valence-electron chi connectivity index (χ2n) is 6.19. The van der Waals surface area contributed by atoms with Crippen LogP contribution >= 0.6 is 24.0 Å². The van der Waals surface area contributed by atoms with Crippen LogP contribution in [-0.4, -0.2) is 59.8 Å². The first kappa shape index (κ1) is 21.1. The van der Waals surface area contributed by atoms with Gasteiger partial charge in [0.05, 0.1) is 11.9 Å². The number of hydrogen-bond donors (Lipinski definition) is 1. The Morgan fingerprint density at radius 2 is 2.19 bits per heavy atom. The maximum atomic E-state index is 13.2. The second kappa shape index (κ2) is 9.67. The van der Waals surface area contributed by atoms with Crippen molar-refractivity contribution < 1.29 is 9.18 Å². The van der Waals surface area contributed by atoms with Gasteiger partial charge in [-0.3, -0.25) is 14.5 Å². The predicted molar refractivity (Wildman–Crippen MR) is 114 cm³/mol. The monoisotopic (exact) mass is 486 g/mol. The molecule has 0 spiro atoms. The van der Waals surface area contributed by atoms with Crippen LogP contribution in [0, 0.1) is 5.82 Å². The van der Waals surface area contributed by atoms with Crippen LogP contribution in [0.2, 0.25) is 0 Å². The van der Waals surface area contributed by atoms with Crippen molar-refractivity contribution in [1.29, 1.82) is 0 Å². The van der Waals surface area contributed by atoms with Crippen molar-refractivity contribution in [2.75, 3.05) is 38.1 Å². The van der Waals surface area contributed by atoms with E-state index in [-0.39, 0.29) is 42.2 Å². The number of guanidine groups is 1. The van der Waals surface area contributed by atoms with E-state index in [2.05, 4.69) is 15.4 Å². The molecule has 1 saturated heterocycles. The molecule has 0 aliphatic carbocycles. The van der Waals surface area contributed by atoms with Crippen LogP contribution in [0.5, 0.6) is 0 Å². The first-order valence-electron chi connectivity index (χ1n) is 8.56. The van der Waals surface area contributed by atoms with Crippen LogP contribution in [0.3, 0.4) is 0 Å². The van der Waals surface area contributed by atoms with Crippen LogP contribution in [0.1, 0.15) is 5.56 Å². The molecule has 0 atom stereocenters. The van der Waals surface area contributed by atoms with Gasteiger partial charge in [-0.25, -0.2) is 4.39 Å². The van der Waals surface area contributed by atoms with E-state index in [0.717, 1.165) is 11.3 Å². The standard InChI is InChI=1S/C18H23FN6O.HI/c1-20-18(21-7-6-14-4-3-5-15(19)10-14)24-8-9-25(17(26)13-24)16-11-22-23(2)12-16;/h3-5,10-12H,6-9,13H2,1-2H3,(H,20,21);1H. The number of carbonyl (C=O) groups is 1. The van der Waals surface area contributed by atoms with Gasteiger partial charge in [0.15, 0.2) is 5.96 Å². The Hall–Kier alpha value is -2.17. The third-order valence-corrected chi connectivity index (χ3v) is 4.32. The van der Waals surface area contributed by atoms with Gasteiger partial charge in [-0.1, -0.05) is 12.1 Å². The normalized spacial score (nSPS) is 14.9. The zero-order chi connectivity index (χ0) is 18.5. The average molecular weight is 486 g/mol. The van der Waals surface area contributed by atoms with E-state index >= 15 is 0 Å². The van der Waals surface area contributed by atoms with Gasteiger partial charge in [0.2, 0.25) is 5.91 Å². The summed E-state index contributed by atoms with van der Waals surface area (Å²) in [4.78, 5) is 20.4. The highest BCUT2D eigenvalue weighted by Gasteiger charge is 2.27. The van der Waals surface area contributed by atoms with E-state index in [1.54, 1.807) is 28.9 Å². The largest absolute Gasteiger partial charge is 0.356 e. The third-order valence-electron chi connectivity index (χ3n) is 4.32. The Morgan fingerprint density at radius 3 is 2.81 bits per heavy atom. The summed E-state index contributed by atoms with van der Waals surface area (Å²) in [6.45, 7) is 2.14. The molecule has 0 saturated carbocycles. The fraction of sp³-hybridized carbons (Fsp3) is 0.389. The Bertz CT molecular complexity index is 809. The summed E-state index contributed by atoms with van der Waals surface area (Å²) in [7, 11) is 3.52. The van der Waals surface area contributed by atoms with E-state index in [9.17, 15) is 9.18 Å². The van der Waals surface area contributed by atoms with Crippen LogP contribution in [0.25, 0.3) is 0 Å². The van der Waals surface area contributed by atoms with Crippen LogP contribution in [0.15, 0.2) is 41.7 Å². The van der Waals surface area contributed by atoms with Crippen LogP contribution in [-0.2, 0) is 18.3 Å². The zero-order valence-corrected chi connectivity index (χ0v) is 17.8. The van der Waals surface area contributed by atoms with Gasteiger partial charge < -0.3 is 15.1 Å². The van der Waals surface area contributed by atoms with Gasteiger partial charge in [0.1, 0.15) is 12.4 Å². The first-order chi connectivity index (χ1) is 12.6. The number of hydrogen-bond acceptors (Lipinski definition) is 3. The van der Waals surface area contributed by atoms with Gasteiger partial charge in [-0.15, -0.1) is 24.0 Å². The third kappa shape index (κ3) is 5.41. The highest BCUT2D eigenvalue weighted by Crippen LogP contribution is 2.16. The van der Waals surface area contributed by atoms with E-state index in [1.807, 2.05) is 24.2 Å². The lowest BCUT2D eigenvalue weighted by atomic mass is 10.1. The van der Waals surface area contributed by atoms with Crippen molar-refractivity contribution in [3.05, 3.63) is 48.0 Å². The Morgan fingerprint density at radius 1 is 1.37 bits per heavy atom. The minimum atomic E-state index is -0.232. The van der Waals surface area contributed by atoms with E-state index < -0.39 is 0 Å². The molecule has 2 aromatic rings. The molecule has 1 amide bonds. The van der Waals surface area contributed by atoms with E-state index in [0.29, 0.717) is 32.0 Å². The maximum absolute atomic E-state index is 13.2. The Labute approximate surface area is 175 Å². The van der Waals surface area contributed by atoms with Crippen molar-refractivity contribution in [2.24, 2.45) is 12.0 Å². The number of rotatable bonds is 4. The van der Waals surface area contributed by atoms with Crippen molar-refractivity contribution in [3.8, 4) is 0 Å². The van der Waals surface area contributed by atoms with E-state index in [1.165, 1.54) is 12.1 Å². The molecule has 0 unspecified atom stereocenters. The number of amides is 1. The summed E-state index contributed by atoms with van der Waals surface area (Å²) in [6, 6.07) is 6.56. The molecule has 3 rings (SSSR count). The molecule has 1 N–H and O–H groups in total. The van der Waals surface area contributed by atoms with Gasteiger partial charge >= 0.3 is 0 Å². The molecule has 7 nitrogen and oxygen atoms in total. The van der Waals surface area contributed by atoms with Crippen molar-refractivity contribution in [3.63, 3.8) is 0 Å². The van der Waals surface area contributed by atoms with Gasteiger partial charge in [-0.05, 0) is 24.1 Å². The number of nitrogens with zero attached hydrogens (tertiary/aromatic N) is 5. The Kier molecular flexibility index (Phi) is 7.57. The molecule has 1 aliphatic rings. The number of aliphatic imine (C=N–C) groups is 1. The maximum Gasteiger partial charge on any atom is 0.246 e. The van der Waals surface area contributed by atoms with Gasteiger partial charge in [0.25, 0.3) is 0 Å². The number of halogens is 2. The first-order valence-corrected chi connectivity index (χ1v) is 8.56. The SMILES string of the molecule is CN=C(NCCc1cccc(F)c1)N1CCN(c2cnn(C)c2)C(=O)C1.I. The fourth-order valence-corrected chi connectivity index (χ4v) is 3.02. The lowest BCUT2D eigenvalue weighted by molar-refractivity contribution is -0.120. The predicted octanol–water partition coefficient (Wildman–Crippen LogP) is 1.64. The summed E-state index contributed by atoms with van der Waals surface area (Å²) in [5.41, 5.74) is 1.73. The topological polar surface area (TPSA) is 65.8 Å². The number of piperazine rings is 1. The quantitative estimate of drug-likeness (QED) is 0.406. The molecule has 1 aliphatic heterocycles. The summed E-state index contributed by atoms with van der Waals surface area (Å²) in [5, 5.41) is 7.37. The summed E-state index contributed by atoms with van der Waals surface area (Å²) >= 11 is 0. The molecular weight excluding hydrogens is 462 g/mol. The Balaban J connectivity index is 0.00000261. The molecule has 0 bridgehead atoms. The van der Waals surface area contributed by atoms with E-state index in [4.69, 9.17) is 0 Å². The van der Waals surface area contributed by atoms with Crippen LogP contribution in [0.4, 0.5) is 10.1 Å². The summed E-state index contributed by atoms with van der Waals surface area (Å²) in [6.07, 6.45) is 4.21.